The topological polar surface area (TPSA) is 41.5 Å². The third kappa shape index (κ3) is 4.76. The number of hydrogen-bond donors (Lipinski definition) is 2. The molecule has 112 valence electrons. The molecule has 0 spiro atoms. The number of anilines is 1. The Hall–Kier alpha value is -2.07. The normalized spacial score (nSPS) is 12.0. The summed E-state index contributed by atoms with van der Waals surface area (Å²) in [5, 5.41) is 12.9. The third-order valence-corrected chi connectivity index (χ3v) is 3.19. The second kappa shape index (κ2) is 7.09. The molecule has 0 aliphatic carbocycles. The fourth-order valence-corrected chi connectivity index (χ4v) is 1.90. The average molecular weight is 289 g/mol. The maximum Gasteiger partial charge on any atom is 0.125 e. The van der Waals surface area contributed by atoms with Crippen molar-refractivity contribution in [2.24, 2.45) is 0 Å². The van der Waals surface area contributed by atoms with Crippen molar-refractivity contribution in [3.8, 4) is 5.75 Å². The second-order valence-corrected chi connectivity index (χ2v) is 5.12. The summed E-state index contributed by atoms with van der Waals surface area (Å²) in [7, 11) is 0. The molecule has 0 aromatic heterocycles. The summed E-state index contributed by atoms with van der Waals surface area (Å²) in [6, 6.07) is 12.2. The van der Waals surface area contributed by atoms with Gasteiger partial charge in [0.1, 0.15) is 24.3 Å². The molecule has 0 saturated carbocycles. The van der Waals surface area contributed by atoms with Crippen molar-refractivity contribution in [2.45, 2.75) is 20.0 Å². The Bertz CT molecular complexity index is 584. The Kier molecular flexibility index (Phi) is 5.17. The van der Waals surface area contributed by atoms with Gasteiger partial charge >= 0.3 is 0 Å². The molecule has 2 N–H and O–H groups in total. The first-order chi connectivity index (χ1) is 10.0. The van der Waals surface area contributed by atoms with E-state index in [1.807, 2.05) is 38.1 Å². The highest BCUT2D eigenvalue weighted by molar-refractivity contribution is 5.50. The van der Waals surface area contributed by atoms with Gasteiger partial charge in [-0.1, -0.05) is 23.8 Å². The van der Waals surface area contributed by atoms with Gasteiger partial charge in [0.05, 0.1) is 0 Å². The zero-order valence-electron chi connectivity index (χ0n) is 12.3. The number of hydrogen-bond acceptors (Lipinski definition) is 3. The monoisotopic (exact) mass is 289 g/mol. The zero-order valence-corrected chi connectivity index (χ0v) is 12.3. The summed E-state index contributed by atoms with van der Waals surface area (Å²) in [6.07, 6.45) is -0.672. The highest BCUT2D eigenvalue weighted by Gasteiger charge is 2.07. The highest BCUT2D eigenvalue weighted by Crippen LogP contribution is 2.16. The molecule has 2 aromatic carbocycles. The van der Waals surface area contributed by atoms with Crippen LogP contribution in [-0.2, 0) is 0 Å². The van der Waals surface area contributed by atoms with Gasteiger partial charge in [0, 0.05) is 12.2 Å². The van der Waals surface area contributed by atoms with Crippen molar-refractivity contribution < 1.29 is 14.2 Å². The minimum absolute atomic E-state index is 0.185. The van der Waals surface area contributed by atoms with E-state index in [1.165, 1.54) is 12.1 Å². The molecule has 2 rings (SSSR count). The number of rotatable bonds is 6. The van der Waals surface area contributed by atoms with E-state index in [1.54, 1.807) is 6.07 Å². The molecular weight excluding hydrogens is 269 g/mol. The minimum atomic E-state index is -0.672. The van der Waals surface area contributed by atoms with Crippen LogP contribution in [0, 0.1) is 19.7 Å². The molecule has 2 aromatic rings. The van der Waals surface area contributed by atoms with Crippen LogP contribution < -0.4 is 10.1 Å². The molecule has 0 fully saturated rings. The predicted octanol–water partition coefficient (Wildman–Crippen LogP) is 3.29. The Morgan fingerprint density at radius 3 is 2.57 bits per heavy atom. The van der Waals surface area contributed by atoms with E-state index in [-0.39, 0.29) is 12.4 Å². The Labute approximate surface area is 124 Å². The third-order valence-electron chi connectivity index (χ3n) is 3.19. The first kappa shape index (κ1) is 15.3. The van der Waals surface area contributed by atoms with Gasteiger partial charge in [0.15, 0.2) is 0 Å². The van der Waals surface area contributed by atoms with Crippen LogP contribution in [0.2, 0.25) is 0 Å². The molecule has 3 nitrogen and oxygen atoms in total. The number of benzene rings is 2. The first-order valence-electron chi connectivity index (χ1n) is 6.92. The van der Waals surface area contributed by atoms with E-state index in [9.17, 15) is 9.50 Å². The van der Waals surface area contributed by atoms with Gasteiger partial charge in [-0.25, -0.2) is 4.39 Å². The van der Waals surface area contributed by atoms with Gasteiger partial charge in [-0.05, 0) is 43.7 Å². The molecular formula is C17H20FNO2. The van der Waals surface area contributed by atoms with E-state index in [2.05, 4.69) is 5.32 Å². The Balaban J connectivity index is 1.80. The maximum atomic E-state index is 13.1. The first-order valence-corrected chi connectivity index (χ1v) is 6.92. The molecule has 1 atom stereocenters. The summed E-state index contributed by atoms with van der Waals surface area (Å²) in [6.45, 7) is 4.38. The number of aliphatic hydroxyl groups excluding tert-OH is 1. The van der Waals surface area contributed by atoms with E-state index in [4.69, 9.17) is 4.74 Å². The minimum Gasteiger partial charge on any atom is -0.491 e. The largest absolute Gasteiger partial charge is 0.491 e. The van der Waals surface area contributed by atoms with Gasteiger partial charge in [-0.15, -0.1) is 0 Å². The number of aliphatic hydroxyl groups is 1. The lowest BCUT2D eigenvalue weighted by atomic mass is 10.2. The molecule has 0 heterocycles. The lowest BCUT2D eigenvalue weighted by Crippen LogP contribution is -2.26. The summed E-state index contributed by atoms with van der Waals surface area (Å²) in [4.78, 5) is 0. The molecule has 0 aliphatic rings. The molecule has 0 saturated heterocycles. The van der Waals surface area contributed by atoms with Gasteiger partial charge < -0.3 is 15.2 Å². The summed E-state index contributed by atoms with van der Waals surface area (Å²) < 4.78 is 18.6. The maximum absolute atomic E-state index is 13.1. The van der Waals surface area contributed by atoms with Crippen LogP contribution in [0.3, 0.4) is 0 Å². The Morgan fingerprint density at radius 2 is 1.86 bits per heavy atom. The SMILES string of the molecule is Cc1ccc(OCC(O)CNc2cc(F)ccc2C)cc1. The lowest BCUT2D eigenvalue weighted by molar-refractivity contribution is 0.117. The van der Waals surface area contributed by atoms with Crippen molar-refractivity contribution in [2.75, 3.05) is 18.5 Å². The van der Waals surface area contributed by atoms with E-state index in [0.717, 1.165) is 16.9 Å². The van der Waals surface area contributed by atoms with Crippen LogP contribution in [0.25, 0.3) is 0 Å². The van der Waals surface area contributed by atoms with Gasteiger partial charge in [0.25, 0.3) is 0 Å². The average Bonchev–Trinajstić information content (AvgIpc) is 2.47. The van der Waals surface area contributed by atoms with Gasteiger partial charge in [-0.2, -0.15) is 0 Å². The fraction of sp³-hybridized carbons (Fsp3) is 0.294. The van der Waals surface area contributed by atoms with Crippen LogP contribution in [0.5, 0.6) is 5.75 Å². The summed E-state index contributed by atoms with van der Waals surface area (Å²) in [5.41, 5.74) is 2.78. The van der Waals surface area contributed by atoms with Crippen LogP contribution >= 0.6 is 0 Å². The molecule has 1 unspecified atom stereocenters. The summed E-state index contributed by atoms with van der Waals surface area (Å²) in [5.74, 6) is 0.426. The van der Waals surface area contributed by atoms with Crippen LogP contribution in [0.1, 0.15) is 11.1 Å². The van der Waals surface area contributed by atoms with Crippen molar-refractivity contribution in [1.29, 1.82) is 0 Å². The van der Waals surface area contributed by atoms with Crippen molar-refractivity contribution in [3.63, 3.8) is 0 Å². The van der Waals surface area contributed by atoms with Crippen molar-refractivity contribution in [1.82, 2.24) is 0 Å². The quantitative estimate of drug-likeness (QED) is 0.857. The molecule has 0 bridgehead atoms. The molecule has 21 heavy (non-hydrogen) atoms. The van der Waals surface area contributed by atoms with Gasteiger partial charge in [-0.3, -0.25) is 0 Å². The standard InChI is InChI=1S/C17H20FNO2/c1-12-3-7-16(8-4-12)21-11-15(20)10-19-17-9-14(18)6-5-13(17)2/h3-9,15,19-20H,10-11H2,1-2H3. The van der Waals surface area contributed by atoms with Crippen LogP contribution in [-0.4, -0.2) is 24.4 Å². The Morgan fingerprint density at radius 1 is 1.14 bits per heavy atom. The number of nitrogens with one attached hydrogen (secondary N) is 1. The lowest BCUT2D eigenvalue weighted by Gasteiger charge is -2.15. The van der Waals surface area contributed by atoms with Crippen molar-refractivity contribution >= 4 is 5.69 Å². The number of ether oxygens (including phenoxy) is 1. The number of halogens is 1. The van der Waals surface area contributed by atoms with E-state index >= 15 is 0 Å². The fourth-order valence-electron chi connectivity index (χ4n) is 1.90. The summed E-state index contributed by atoms with van der Waals surface area (Å²) >= 11 is 0. The zero-order chi connectivity index (χ0) is 15.2. The molecule has 0 radical (unpaired) electrons. The van der Waals surface area contributed by atoms with Crippen molar-refractivity contribution in [3.05, 3.63) is 59.4 Å². The number of aryl methyl sites for hydroxylation is 2. The molecule has 0 aliphatic heterocycles. The van der Waals surface area contributed by atoms with Crippen LogP contribution in [0.4, 0.5) is 10.1 Å². The smallest absolute Gasteiger partial charge is 0.125 e. The molecule has 4 heteroatoms. The van der Waals surface area contributed by atoms with Crippen LogP contribution in [0.15, 0.2) is 42.5 Å². The molecule has 0 amide bonds. The highest BCUT2D eigenvalue weighted by atomic mass is 19.1. The predicted molar refractivity (Wildman–Crippen MR) is 82.3 cm³/mol. The van der Waals surface area contributed by atoms with Gasteiger partial charge in [0.2, 0.25) is 0 Å². The van der Waals surface area contributed by atoms with E-state index in [0.29, 0.717) is 12.2 Å². The van der Waals surface area contributed by atoms with E-state index < -0.39 is 6.10 Å². The second-order valence-electron chi connectivity index (χ2n) is 5.12.